The maximum Gasteiger partial charge on any atom is 0.259 e. The van der Waals surface area contributed by atoms with E-state index in [2.05, 4.69) is 22.9 Å². The second-order valence-electron chi connectivity index (χ2n) is 5.06. The molecular formula is C15H23BrN2O3. The van der Waals surface area contributed by atoms with Gasteiger partial charge in [0.05, 0.1) is 11.6 Å². The molecule has 1 amide bonds. The van der Waals surface area contributed by atoms with Gasteiger partial charge in [-0.25, -0.2) is 0 Å². The molecule has 118 valence electrons. The van der Waals surface area contributed by atoms with Crippen molar-refractivity contribution < 1.29 is 14.3 Å². The lowest BCUT2D eigenvalue weighted by Crippen LogP contribution is -2.27. The van der Waals surface area contributed by atoms with Crippen LogP contribution in [0.15, 0.2) is 16.6 Å². The molecule has 0 heterocycles. The molecule has 5 nitrogen and oxygen atoms in total. The van der Waals surface area contributed by atoms with Crippen molar-refractivity contribution in [3.63, 3.8) is 0 Å². The fraction of sp³-hybridized carbons (Fsp3) is 0.533. The summed E-state index contributed by atoms with van der Waals surface area (Å²) in [6.07, 6.45) is 1.68. The number of carbonyl (C=O) groups excluding carboxylic acids is 1. The molecule has 0 bridgehead atoms. The molecule has 1 unspecified atom stereocenters. The van der Waals surface area contributed by atoms with Crippen molar-refractivity contribution in [3.8, 4) is 11.5 Å². The number of rotatable bonds is 7. The maximum atomic E-state index is 11.6. The third kappa shape index (κ3) is 5.21. The lowest BCUT2D eigenvalue weighted by atomic mass is 10.0. The number of likely N-dealkylation sites (N-methyl/N-ethyl adjacent to an activating group) is 1. The smallest absolute Gasteiger partial charge is 0.259 e. The van der Waals surface area contributed by atoms with Crippen LogP contribution in [0.1, 0.15) is 18.9 Å². The van der Waals surface area contributed by atoms with Gasteiger partial charge >= 0.3 is 0 Å². The fourth-order valence-electron chi connectivity index (χ4n) is 1.74. The number of nitrogens with two attached hydrogens (primary N) is 1. The Morgan fingerprint density at radius 1 is 1.43 bits per heavy atom. The van der Waals surface area contributed by atoms with Gasteiger partial charge in [0.2, 0.25) is 0 Å². The van der Waals surface area contributed by atoms with Crippen LogP contribution < -0.4 is 15.2 Å². The van der Waals surface area contributed by atoms with Crippen LogP contribution in [-0.2, 0) is 11.2 Å². The molecule has 0 radical (unpaired) electrons. The lowest BCUT2D eigenvalue weighted by molar-refractivity contribution is -0.130. The zero-order chi connectivity index (χ0) is 16.0. The van der Waals surface area contributed by atoms with E-state index in [1.165, 1.54) is 4.90 Å². The number of ether oxygens (including phenoxy) is 2. The molecule has 0 fully saturated rings. The molecule has 6 heteroatoms. The molecule has 1 rings (SSSR count). The predicted molar refractivity (Wildman–Crippen MR) is 86.9 cm³/mol. The van der Waals surface area contributed by atoms with E-state index in [4.69, 9.17) is 15.2 Å². The number of amides is 1. The number of hydrogen-bond donors (Lipinski definition) is 1. The van der Waals surface area contributed by atoms with E-state index >= 15 is 0 Å². The van der Waals surface area contributed by atoms with E-state index < -0.39 is 0 Å². The van der Waals surface area contributed by atoms with Gasteiger partial charge in [0.1, 0.15) is 0 Å². The summed E-state index contributed by atoms with van der Waals surface area (Å²) in [5.41, 5.74) is 7.05. The molecule has 0 aromatic heterocycles. The van der Waals surface area contributed by atoms with Crippen molar-refractivity contribution in [1.82, 2.24) is 4.90 Å². The lowest BCUT2D eigenvalue weighted by Gasteiger charge is -2.17. The first-order valence-corrected chi connectivity index (χ1v) is 7.63. The minimum atomic E-state index is -0.110. The SMILES string of the molecule is CCC(N)Cc1cc(Br)c(OCC(=O)N(C)C)c(OC)c1. The van der Waals surface area contributed by atoms with Gasteiger partial charge in [-0.1, -0.05) is 6.92 Å². The summed E-state index contributed by atoms with van der Waals surface area (Å²) in [6.45, 7) is 2.02. The molecule has 1 aromatic rings. The van der Waals surface area contributed by atoms with Crippen LogP contribution in [0.3, 0.4) is 0 Å². The Bertz CT molecular complexity index is 492. The van der Waals surface area contributed by atoms with E-state index in [1.807, 2.05) is 12.1 Å². The first-order chi connectivity index (χ1) is 9.88. The number of halogens is 1. The van der Waals surface area contributed by atoms with Crippen molar-refractivity contribution >= 4 is 21.8 Å². The van der Waals surface area contributed by atoms with Gasteiger partial charge in [-0.05, 0) is 46.5 Å². The minimum absolute atomic E-state index is 0.0320. The van der Waals surface area contributed by atoms with E-state index in [1.54, 1.807) is 21.2 Å². The Morgan fingerprint density at radius 3 is 2.62 bits per heavy atom. The molecule has 0 aliphatic carbocycles. The van der Waals surface area contributed by atoms with Crippen LogP contribution in [0.5, 0.6) is 11.5 Å². The predicted octanol–water partition coefficient (Wildman–Crippen LogP) is 2.20. The molecular weight excluding hydrogens is 336 g/mol. The minimum Gasteiger partial charge on any atom is -0.493 e. The van der Waals surface area contributed by atoms with Crippen molar-refractivity contribution in [3.05, 3.63) is 22.2 Å². The van der Waals surface area contributed by atoms with Crippen LogP contribution in [0.2, 0.25) is 0 Å². The molecule has 21 heavy (non-hydrogen) atoms. The van der Waals surface area contributed by atoms with Crippen molar-refractivity contribution in [2.24, 2.45) is 5.73 Å². The highest BCUT2D eigenvalue weighted by Gasteiger charge is 2.15. The number of benzene rings is 1. The zero-order valence-corrected chi connectivity index (χ0v) is 14.6. The Balaban J connectivity index is 2.92. The molecule has 0 spiro atoms. The molecule has 1 atom stereocenters. The average molecular weight is 359 g/mol. The standard InChI is InChI=1S/C15H23BrN2O3/c1-5-11(17)6-10-7-12(16)15(13(8-10)20-4)21-9-14(19)18(2)3/h7-8,11H,5-6,9,17H2,1-4H3. The third-order valence-corrected chi connectivity index (χ3v) is 3.74. The molecule has 1 aromatic carbocycles. The number of carbonyl (C=O) groups is 1. The van der Waals surface area contributed by atoms with Crippen LogP contribution in [0.25, 0.3) is 0 Å². The van der Waals surface area contributed by atoms with Crippen LogP contribution in [0.4, 0.5) is 0 Å². The largest absolute Gasteiger partial charge is 0.493 e. The molecule has 2 N–H and O–H groups in total. The van der Waals surface area contributed by atoms with Crippen molar-refractivity contribution in [2.45, 2.75) is 25.8 Å². The molecule has 0 aliphatic rings. The van der Waals surface area contributed by atoms with Crippen LogP contribution >= 0.6 is 15.9 Å². The Kier molecular flexibility index (Phi) is 6.98. The summed E-state index contributed by atoms with van der Waals surface area (Å²) in [5, 5.41) is 0. The second-order valence-corrected chi connectivity index (χ2v) is 5.91. The van der Waals surface area contributed by atoms with Gasteiger partial charge in [-0.3, -0.25) is 4.79 Å². The Morgan fingerprint density at radius 2 is 2.10 bits per heavy atom. The quantitative estimate of drug-likeness (QED) is 0.811. The van der Waals surface area contributed by atoms with Gasteiger partial charge in [0.25, 0.3) is 5.91 Å². The van der Waals surface area contributed by atoms with Gasteiger partial charge in [-0.2, -0.15) is 0 Å². The van der Waals surface area contributed by atoms with E-state index in [9.17, 15) is 4.79 Å². The first-order valence-electron chi connectivity index (χ1n) is 6.84. The van der Waals surface area contributed by atoms with Crippen LogP contribution in [0, 0.1) is 0 Å². The van der Waals surface area contributed by atoms with Gasteiger partial charge < -0.3 is 20.1 Å². The van der Waals surface area contributed by atoms with Gasteiger partial charge in [-0.15, -0.1) is 0 Å². The highest BCUT2D eigenvalue weighted by molar-refractivity contribution is 9.10. The van der Waals surface area contributed by atoms with E-state index in [0.717, 1.165) is 22.9 Å². The fourth-order valence-corrected chi connectivity index (χ4v) is 2.35. The highest BCUT2D eigenvalue weighted by atomic mass is 79.9. The number of methoxy groups -OCH3 is 1. The summed E-state index contributed by atoms with van der Waals surface area (Å²) in [6, 6.07) is 3.96. The normalized spacial score (nSPS) is 11.9. The van der Waals surface area contributed by atoms with Gasteiger partial charge in [0, 0.05) is 20.1 Å². The van der Waals surface area contributed by atoms with Gasteiger partial charge in [0.15, 0.2) is 18.1 Å². The Hall–Kier alpha value is -1.27. The summed E-state index contributed by atoms with van der Waals surface area (Å²) >= 11 is 3.47. The summed E-state index contributed by atoms with van der Waals surface area (Å²) in [5.74, 6) is 1.01. The summed E-state index contributed by atoms with van der Waals surface area (Å²) in [4.78, 5) is 13.1. The molecule has 0 aliphatic heterocycles. The second kappa shape index (κ2) is 8.24. The van der Waals surface area contributed by atoms with Crippen molar-refractivity contribution in [2.75, 3.05) is 27.8 Å². The summed E-state index contributed by atoms with van der Waals surface area (Å²) in [7, 11) is 4.95. The summed E-state index contributed by atoms with van der Waals surface area (Å²) < 4.78 is 11.7. The topological polar surface area (TPSA) is 64.8 Å². The van der Waals surface area contributed by atoms with E-state index in [-0.39, 0.29) is 18.6 Å². The van der Waals surface area contributed by atoms with Crippen molar-refractivity contribution in [1.29, 1.82) is 0 Å². The third-order valence-electron chi connectivity index (χ3n) is 3.15. The molecule has 0 saturated carbocycles. The average Bonchev–Trinajstić information content (AvgIpc) is 2.44. The monoisotopic (exact) mass is 358 g/mol. The number of nitrogens with zero attached hydrogens (tertiary/aromatic N) is 1. The van der Waals surface area contributed by atoms with Crippen LogP contribution in [-0.4, -0.2) is 44.7 Å². The number of hydrogen-bond acceptors (Lipinski definition) is 4. The van der Waals surface area contributed by atoms with E-state index in [0.29, 0.717) is 11.5 Å². The zero-order valence-electron chi connectivity index (χ0n) is 13.0. The first kappa shape index (κ1) is 17.8. The highest BCUT2D eigenvalue weighted by Crippen LogP contribution is 2.37. The Labute approximate surface area is 134 Å². The maximum absolute atomic E-state index is 11.6. The molecule has 0 saturated heterocycles.